The Kier molecular flexibility index (Phi) is 2.78. The Morgan fingerprint density at radius 1 is 1.55 bits per heavy atom. The van der Waals surface area contributed by atoms with Crippen molar-refractivity contribution in [1.29, 1.82) is 0 Å². The lowest BCUT2D eigenvalue weighted by molar-refractivity contribution is 0.310. The van der Waals surface area contributed by atoms with Crippen LogP contribution in [0, 0.1) is 6.07 Å². The first-order valence-corrected chi connectivity index (χ1v) is 3.56. The summed E-state index contributed by atoms with van der Waals surface area (Å²) in [6.45, 7) is 2.58. The van der Waals surface area contributed by atoms with Gasteiger partial charge in [0.15, 0.2) is 11.5 Å². The molecule has 0 aliphatic carbocycles. The maximum Gasteiger partial charge on any atom is 0.168 e. The van der Waals surface area contributed by atoms with E-state index in [2.05, 4.69) is 6.07 Å². The van der Waals surface area contributed by atoms with E-state index in [0.29, 0.717) is 12.4 Å². The van der Waals surface area contributed by atoms with Crippen molar-refractivity contribution >= 4 is 0 Å². The number of benzene rings is 1. The van der Waals surface area contributed by atoms with Crippen LogP contribution >= 0.6 is 0 Å². The molecule has 0 saturated heterocycles. The number of hydrogen-bond acceptors (Lipinski definition) is 2. The van der Waals surface area contributed by atoms with Gasteiger partial charge >= 0.3 is 0 Å². The molecule has 0 atom stereocenters. The van der Waals surface area contributed by atoms with Gasteiger partial charge in [-0.2, -0.15) is 0 Å². The van der Waals surface area contributed by atoms with E-state index >= 15 is 0 Å². The normalized spacial score (nSPS) is 9.27. The summed E-state index contributed by atoms with van der Waals surface area (Å²) < 4.78 is 10.3. The van der Waals surface area contributed by atoms with E-state index in [9.17, 15) is 0 Å². The Balaban J connectivity index is 2.83. The van der Waals surface area contributed by atoms with E-state index in [1.54, 1.807) is 13.2 Å². The second-order valence-corrected chi connectivity index (χ2v) is 2.00. The highest BCUT2D eigenvalue weighted by Gasteiger charge is 1.99. The van der Waals surface area contributed by atoms with Crippen LogP contribution in [0.4, 0.5) is 0 Å². The molecule has 0 saturated carbocycles. The van der Waals surface area contributed by atoms with Crippen LogP contribution in [0.25, 0.3) is 0 Å². The zero-order valence-corrected chi connectivity index (χ0v) is 6.76. The molecule has 1 aromatic rings. The van der Waals surface area contributed by atoms with E-state index in [1.807, 2.05) is 19.1 Å². The van der Waals surface area contributed by atoms with Gasteiger partial charge in [0.25, 0.3) is 0 Å². The Labute approximate surface area is 66.8 Å². The van der Waals surface area contributed by atoms with Gasteiger partial charge in [0, 0.05) is 6.07 Å². The van der Waals surface area contributed by atoms with Crippen LogP contribution in [0.1, 0.15) is 6.92 Å². The fourth-order valence-corrected chi connectivity index (χ4v) is 0.835. The maximum absolute atomic E-state index is 5.27. The van der Waals surface area contributed by atoms with Crippen molar-refractivity contribution in [3.8, 4) is 11.5 Å². The van der Waals surface area contributed by atoms with Gasteiger partial charge in [-0.15, -0.1) is 0 Å². The first kappa shape index (κ1) is 7.92. The highest BCUT2D eigenvalue weighted by Crippen LogP contribution is 2.24. The van der Waals surface area contributed by atoms with Crippen molar-refractivity contribution in [3.63, 3.8) is 0 Å². The quantitative estimate of drug-likeness (QED) is 0.656. The minimum atomic E-state index is 0.647. The van der Waals surface area contributed by atoms with Gasteiger partial charge in [-0.3, -0.25) is 0 Å². The molecule has 0 aromatic heterocycles. The zero-order chi connectivity index (χ0) is 8.10. The molecule has 0 aliphatic heterocycles. The minimum absolute atomic E-state index is 0.647. The van der Waals surface area contributed by atoms with Gasteiger partial charge in [0.2, 0.25) is 0 Å². The van der Waals surface area contributed by atoms with Gasteiger partial charge < -0.3 is 9.47 Å². The highest BCUT2D eigenvalue weighted by atomic mass is 16.5. The Hall–Kier alpha value is -1.18. The summed E-state index contributed by atoms with van der Waals surface area (Å²) >= 11 is 0. The average Bonchev–Trinajstić information content (AvgIpc) is 2.06. The molecule has 1 aromatic carbocycles. The SMILES string of the molecule is CCOc1ccc[c]c1OC. The smallest absolute Gasteiger partial charge is 0.168 e. The molecule has 0 heterocycles. The van der Waals surface area contributed by atoms with Crippen molar-refractivity contribution in [2.45, 2.75) is 6.92 Å². The van der Waals surface area contributed by atoms with Crippen molar-refractivity contribution in [2.75, 3.05) is 13.7 Å². The number of para-hydroxylation sites is 1. The predicted molar refractivity (Wildman–Crippen MR) is 43.0 cm³/mol. The average molecular weight is 151 g/mol. The van der Waals surface area contributed by atoms with E-state index in [0.717, 1.165) is 5.75 Å². The van der Waals surface area contributed by atoms with Crippen LogP contribution in [-0.4, -0.2) is 13.7 Å². The van der Waals surface area contributed by atoms with Crippen LogP contribution in [0.2, 0.25) is 0 Å². The summed E-state index contributed by atoms with van der Waals surface area (Å²) in [6.07, 6.45) is 0. The molecule has 1 rings (SSSR count). The lowest BCUT2D eigenvalue weighted by atomic mass is 10.3. The van der Waals surface area contributed by atoms with Crippen LogP contribution in [0.3, 0.4) is 0 Å². The van der Waals surface area contributed by atoms with Gasteiger partial charge in [-0.05, 0) is 13.0 Å². The molecule has 2 heteroatoms. The lowest BCUT2D eigenvalue weighted by Gasteiger charge is -2.06. The summed E-state index contributed by atoms with van der Waals surface area (Å²) in [5, 5.41) is 0. The third-order valence-electron chi connectivity index (χ3n) is 1.29. The molecule has 0 aliphatic rings. The summed E-state index contributed by atoms with van der Waals surface area (Å²) in [5.74, 6) is 1.41. The summed E-state index contributed by atoms with van der Waals surface area (Å²) in [4.78, 5) is 0. The van der Waals surface area contributed by atoms with Crippen LogP contribution in [0.15, 0.2) is 18.2 Å². The van der Waals surface area contributed by atoms with Gasteiger partial charge in [0.1, 0.15) is 0 Å². The summed E-state index contributed by atoms with van der Waals surface area (Å²) in [7, 11) is 1.61. The Morgan fingerprint density at radius 2 is 2.36 bits per heavy atom. The standard InChI is InChI=1S/C9H11O2/c1-3-11-9-7-5-4-6-8(9)10-2/h4-5,7H,3H2,1-2H3. The van der Waals surface area contributed by atoms with E-state index in [4.69, 9.17) is 9.47 Å². The van der Waals surface area contributed by atoms with E-state index in [-0.39, 0.29) is 0 Å². The molecule has 0 fully saturated rings. The van der Waals surface area contributed by atoms with Crippen LogP contribution in [0.5, 0.6) is 11.5 Å². The largest absolute Gasteiger partial charge is 0.492 e. The highest BCUT2D eigenvalue weighted by molar-refractivity contribution is 5.38. The topological polar surface area (TPSA) is 18.5 Å². The monoisotopic (exact) mass is 151 g/mol. The molecule has 11 heavy (non-hydrogen) atoms. The maximum atomic E-state index is 5.27. The van der Waals surface area contributed by atoms with Crippen LogP contribution < -0.4 is 9.47 Å². The second kappa shape index (κ2) is 3.86. The summed E-state index contributed by atoms with van der Waals surface area (Å²) in [5.41, 5.74) is 0. The number of methoxy groups -OCH3 is 1. The molecule has 0 spiro atoms. The minimum Gasteiger partial charge on any atom is -0.492 e. The van der Waals surface area contributed by atoms with Crippen molar-refractivity contribution in [3.05, 3.63) is 24.3 Å². The van der Waals surface area contributed by atoms with Crippen molar-refractivity contribution in [1.82, 2.24) is 0 Å². The number of hydrogen-bond donors (Lipinski definition) is 0. The molecule has 59 valence electrons. The first-order valence-electron chi connectivity index (χ1n) is 3.56. The fourth-order valence-electron chi connectivity index (χ4n) is 0.835. The van der Waals surface area contributed by atoms with Gasteiger partial charge in [0.05, 0.1) is 13.7 Å². The molecule has 0 amide bonds. The lowest BCUT2D eigenvalue weighted by Crippen LogP contribution is -1.94. The number of ether oxygens (including phenoxy) is 2. The van der Waals surface area contributed by atoms with Crippen molar-refractivity contribution < 1.29 is 9.47 Å². The van der Waals surface area contributed by atoms with Gasteiger partial charge in [-0.1, -0.05) is 12.1 Å². The Bertz CT molecular complexity index is 221. The van der Waals surface area contributed by atoms with Crippen molar-refractivity contribution in [2.24, 2.45) is 0 Å². The second-order valence-electron chi connectivity index (χ2n) is 2.00. The van der Waals surface area contributed by atoms with E-state index in [1.165, 1.54) is 0 Å². The molecule has 0 unspecified atom stereocenters. The molecule has 0 bridgehead atoms. The number of rotatable bonds is 3. The fraction of sp³-hybridized carbons (Fsp3) is 0.333. The molecular weight excluding hydrogens is 140 g/mol. The third-order valence-corrected chi connectivity index (χ3v) is 1.29. The third kappa shape index (κ3) is 1.87. The first-order chi connectivity index (χ1) is 5.38. The molecule has 2 nitrogen and oxygen atoms in total. The molecular formula is C9H11O2. The molecule has 1 radical (unpaired) electrons. The molecule has 0 N–H and O–H groups in total. The summed E-state index contributed by atoms with van der Waals surface area (Å²) in [6, 6.07) is 8.45. The van der Waals surface area contributed by atoms with Gasteiger partial charge in [-0.25, -0.2) is 0 Å². The van der Waals surface area contributed by atoms with E-state index < -0.39 is 0 Å². The zero-order valence-electron chi connectivity index (χ0n) is 6.76. The Morgan fingerprint density at radius 3 is 3.00 bits per heavy atom. The predicted octanol–water partition coefficient (Wildman–Crippen LogP) is 1.89. The van der Waals surface area contributed by atoms with Crippen LogP contribution in [-0.2, 0) is 0 Å².